The van der Waals surface area contributed by atoms with E-state index in [1.807, 2.05) is 72.8 Å². The Balaban J connectivity index is 0.000000337. The minimum atomic E-state index is -0.983. The lowest BCUT2D eigenvalue weighted by molar-refractivity contribution is -0.139. The molecule has 0 spiro atoms. The van der Waals surface area contributed by atoms with Crippen molar-refractivity contribution in [3.05, 3.63) is 131 Å². The third kappa shape index (κ3) is 11.3. The smallest absolute Gasteiger partial charge is 0.331 e. The summed E-state index contributed by atoms with van der Waals surface area (Å²) in [7, 11) is 3.25. The molecule has 0 unspecified atom stereocenters. The Morgan fingerprint density at radius 2 is 1.07 bits per heavy atom. The van der Waals surface area contributed by atoms with E-state index in [9.17, 15) is 9.59 Å². The Labute approximate surface area is 244 Å². The molecule has 2 N–H and O–H groups in total. The summed E-state index contributed by atoms with van der Waals surface area (Å²) in [6.07, 6.45) is 5.63. The minimum absolute atomic E-state index is 0.169. The van der Waals surface area contributed by atoms with E-state index >= 15 is 0 Å². The number of carboxylic acids is 1. The zero-order valence-corrected chi connectivity index (χ0v) is 23.3. The van der Waals surface area contributed by atoms with Crippen LogP contribution >= 0.6 is 0 Å². The zero-order chi connectivity index (χ0) is 30.2. The van der Waals surface area contributed by atoms with Gasteiger partial charge >= 0.3 is 11.9 Å². The van der Waals surface area contributed by atoms with Crippen molar-refractivity contribution in [1.29, 1.82) is 0 Å². The lowest BCUT2D eigenvalue weighted by Crippen LogP contribution is -2.00. The number of esters is 1. The maximum absolute atomic E-state index is 11.9. The third-order valence-electron chi connectivity index (χ3n) is 5.71. The van der Waals surface area contributed by atoms with Gasteiger partial charge in [-0.2, -0.15) is 0 Å². The third-order valence-corrected chi connectivity index (χ3v) is 5.71. The highest BCUT2D eigenvalue weighted by atomic mass is 16.5. The van der Waals surface area contributed by atoms with Gasteiger partial charge in [0, 0.05) is 12.2 Å². The highest BCUT2D eigenvalue weighted by Crippen LogP contribution is 2.17. The van der Waals surface area contributed by atoms with Crippen molar-refractivity contribution in [2.75, 3.05) is 14.2 Å². The van der Waals surface area contributed by atoms with Crippen LogP contribution in [0.4, 0.5) is 0 Å². The van der Waals surface area contributed by atoms with E-state index in [-0.39, 0.29) is 12.4 Å². The van der Waals surface area contributed by atoms with E-state index in [0.717, 1.165) is 45.6 Å². The summed E-state index contributed by atoms with van der Waals surface area (Å²) in [4.78, 5) is 22.0. The number of phenols is 1. The number of carboxylic acid groups (broad SMARTS) is 1. The molecule has 216 valence electrons. The van der Waals surface area contributed by atoms with Crippen molar-refractivity contribution in [3.63, 3.8) is 0 Å². The van der Waals surface area contributed by atoms with E-state index in [2.05, 4.69) is 0 Å². The molecule has 0 bridgehead atoms. The molecule has 0 saturated heterocycles. The minimum Gasteiger partial charge on any atom is -0.508 e. The van der Waals surface area contributed by atoms with E-state index in [1.54, 1.807) is 32.4 Å². The average molecular weight is 569 g/mol. The lowest BCUT2D eigenvalue weighted by Gasteiger charge is -2.07. The summed E-state index contributed by atoms with van der Waals surface area (Å²) in [5.41, 5.74) is 3.58. The summed E-state index contributed by atoms with van der Waals surface area (Å²) in [6.45, 7) is 0.683. The number of phenolic OH excluding ortho intramolecular Hbond substituents is 1. The SMILES string of the molecule is COc1ccc(COC(=O)/C=C/c2ccc(OCc3ccc(OC)cc3)cc2)cc1.O=C(O)/C=C/c1ccc(O)cc1. The average Bonchev–Trinajstić information content (AvgIpc) is 3.02. The number of aromatic hydroxyl groups is 1. The van der Waals surface area contributed by atoms with Crippen LogP contribution in [-0.4, -0.2) is 36.4 Å². The van der Waals surface area contributed by atoms with Gasteiger partial charge in [-0.1, -0.05) is 48.5 Å². The van der Waals surface area contributed by atoms with Crippen LogP contribution in [0.1, 0.15) is 22.3 Å². The molecule has 0 atom stereocenters. The van der Waals surface area contributed by atoms with E-state index in [4.69, 9.17) is 29.2 Å². The topological polar surface area (TPSA) is 112 Å². The molecule has 4 aromatic rings. The molecule has 42 heavy (non-hydrogen) atoms. The Kier molecular flexibility index (Phi) is 12.2. The van der Waals surface area contributed by atoms with Gasteiger partial charge in [0.15, 0.2) is 0 Å². The van der Waals surface area contributed by atoms with Crippen LogP contribution < -0.4 is 14.2 Å². The first-order valence-corrected chi connectivity index (χ1v) is 12.9. The van der Waals surface area contributed by atoms with Gasteiger partial charge in [-0.05, 0) is 82.9 Å². The maximum atomic E-state index is 11.9. The number of aliphatic carboxylic acids is 1. The van der Waals surface area contributed by atoms with Gasteiger partial charge in [-0.25, -0.2) is 9.59 Å². The van der Waals surface area contributed by atoms with Crippen LogP contribution in [0.15, 0.2) is 109 Å². The molecule has 0 aromatic heterocycles. The predicted octanol–water partition coefficient (Wildman–Crippen LogP) is 6.53. The molecule has 4 aromatic carbocycles. The standard InChI is InChI=1S/C25H24O5.C9H8O3/c1-27-22-10-5-20(6-11-22)17-29-24-14-3-19(4-15-24)9-16-25(26)30-18-21-7-12-23(28-2)13-8-21;10-8-4-1-7(2-5-8)3-6-9(11)12/h3-16H,17-18H2,1-2H3;1-6,10H,(H,11,12)/b16-9+;6-3+. The number of hydrogen-bond donors (Lipinski definition) is 2. The Bertz CT molecular complexity index is 1450. The molecule has 0 aliphatic heterocycles. The van der Waals surface area contributed by atoms with Crippen LogP contribution in [0.2, 0.25) is 0 Å². The summed E-state index contributed by atoms with van der Waals surface area (Å²) in [6, 6.07) is 28.9. The van der Waals surface area contributed by atoms with Gasteiger partial charge in [0.2, 0.25) is 0 Å². The van der Waals surface area contributed by atoms with Crippen LogP contribution in [-0.2, 0) is 27.5 Å². The fourth-order valence-corrected chi connectivity index (χ4v) is 3.41. The number of rotatable bonds is 11. The van der Waals surface area contributed by atoms with Crippen LogP contribution in [0.5, 0.6) is 23.0 Å². The monoisotopic (exact) mass is 568 g/mol. The molecule has 0 saturated carbocycles. The first-order chi connectivity index (χ1) is 20.3. The number of carbonyl (C=O) groups is 2. The number of hydrogen-bond acceptors (Lipinski definition) is 7. The van der Waals surface area contributed by atoms with Gasteiger partial charge in [0.05, 0.1) is 14.2 Å². The largest absolute Gasteiger partial charge is 0.508 e. The van der Waals surface area contributed by atoms with Crippen molar-refractivity contribution in [2.45, 2.75) is 13.2 Å². The van der Waals surface area contributed by atoms with E-state index < -0.39 is 11.9 Å². The Hall–Kier alpha value is -5.50. The normalized spacial score (nSPS) is 10.5. The second kappa shape index (κ2) is 16.6. The molecule has 8 nitrogen and oxygen atoms in total. The van der Waals surface area contributed by atoms with Crippen LogP contribution in [0, 0.1) is 0 Å². The molecule has 0 aliphatic rings. The van der Waals surface area contributed by atoms with Gasteiger partial charge in [-0.15, -0.1) is 0 Å². The van der Waals surface area contributed by atoms with Crippen molar-refractivity contribution in [1.82, 2.24) is 0 Å². The van der Waals surface area contributed by atoms with Gasteiger partial charge < -0.3 is 29.2 Å². The molecule has 0 radical (unpaired) electrons. The molecular formula is C34H32O8. The molecule has 0 amide bonds. The Morgan fingerprint density at radius 3 is 1.57 bits per heavy atom. The lowest BCUT2D eigenvalue weighted by atomic mass is 10.2. The molecule has 0 heterocycles. The maximum Gasteiger partial charge on any atom is 0.331 e. The highest BCUT2D eigenvalue weighted by molar-refractivity contribution is 5.87. The van der Waals surface area contributed by atoms with Crippen molar-refractivity contribution in [2.24, 2.45) is 0 Å². The van der Waals surface area contributed by atoms with Crippen molar-refractivity contribution in [3.8, 4) is 23.0 Å². The summed E-state index contributed by atoms with van der Waals surface area (Å²) < 4.78 is 21.3. The molecule has 0 fully saturated rings. The fraction of sp³-hybridized carbons (Fsp3) is 0.118. The fourth-order valence-electron chi connectivity index (χ4n) is 3.41. The van der Waals surface area contributed by atoms with Gasteiger partial charge in [0.1, 0.15) is 36.2 Å². The first kappa shape index (κ1) is 31.0. The number of carbonyl (C=O) groups excluding carboxylic acids is 1. The summed E-state index contributed by atoms with van der Waals surface area (Å²) >= 11 is 0. The summed E-state index contributed by atoms with van der Waals surface area (Å²) in [5, 5.41) is 17.2. The molecule has 4 rings (SSSR count). The quantitative estimate of drug-likeness (QED) is 0.155. The second-order valence-electron chi connectivity index (χ2n) is 8.76. The molecule has 8 heteroatoms. The van der Waals surface area contributed by atoms with Crippen molar-refractivity contribution >= 4 is 24.1 Å². The highest BCUT2D eigenvalue weighted by Gasteiger charge is 2.01. The molecular weight excluding hydrogens is 536 g/mol. The number of methoxy groups -OCH3 is 2. The molecule has 0 aliphatic carbocycles. The van der Waals surface area contributed by atoms with Crippen LogP contribution in [0.3, 0.4) is 0 Å². The van der Waals surface area contributed by atoms with E-state index in [1.165, 1.54) is 24.3 Å². The zero-order valence-electron chi connectivity index (χ0n) is 23.3. The number of ether oxygens (including phenoxy) is 4. The van der Waals surface area contributed by atoms with E-state index in [0.29, 0.717) is 6.61 Å². The first-order valence-electron chi connectivity index (χ1n) is 12.9. The van der Waals surface area contributed by atoms with Crippen molar-refractivity contribution < 1.29 is 38.7 Å². The van der Waals surface area contributed by atoms with Gasteiger partial charge in [0.25, 0.3) is 0 Å². The van der Waals surface area contributed by atoms with Gasteiger partial charge in [-0.3, -0.25) is 0 Å². The predicted molar refractivity (Wildman–Crippen MR) is 160 cm³/mol. The Morgan fingerprint density at radius 1 is 0.619 bits per heavy atom. The van der Waals surface area contributed by atoms with Crippen LogP contribution in [0.25, 0.3) is 12.2 Å². The number of benzene rings is 4. The second-order valence-corrected chi connectivity index (χ2v) is 8.76. The summed E-state index contributed by atoms with van der Waals surface area (Å²) in [5.74, 6) is 1.13.